The van der Waals surface area contributed by atoms with Crippen molar-refractivity contribution < 1.29 is 13.2 Å². The molecule has 8 heteroatoms. The molecule has 1 amide bonds. The molecule has 0 radical (unpaired) electrons. The molecule has 0 aliphatic heterocycles. The van der Waals surface area contributed by atoms with Crippen LogP contribution in [0.4, 0.5) is 0 Å². The van der Waals surface area contributed by atoms with E-state index in [1.165, 1.54) is 11.3 Å². The van der Waals surface area contributed by atoms with Crippen LogP contribution < -0.4 is 10.0 Å². The molecule has 0 fully saturated rings. The Morgan fingerprint density at radius 1 is 1.32 bits per heavy atom. The van der Waals surface area contributed by atoms with Crippen LogP contribution >= 0.6 is 11.3 Å². The summed E-state index contributed by atoms with van der Waals surface area (Å²) in [7, 11) is -3.66. The molecular formula is C17H23N3O3S2. The summed E-state index contributed by atoms with van der Waals surface area (Å²) in [6, 6.07) is 5.14. The zero-order valence-corrected chi connectivity index (χ0v) is 16.4. The van der Waals surface area contributed by atoms with Gasteiger partial charge in [0.15, 0.2) is 0 Å². The SMILES string of the molecule is CCNS(=O)(=O)c1cc(CC(=O)NC(C)C)ccc1-c1cnc(C)s1. The third-order valence-corrected chi connectivity index (χ3v) is 5.90. The fraction of sp³-hybridized carbons (Fsp3) is 0.412. The van der Waals surface area contributed by atoms with E-state index >= 15 is 0 Å². The minimum absolute atomic E-state index is 0.0388. The molecule has 0 saturated heterocycles. The Labute approximate surface area is 152 Å². The zero-order valence-electron chi connectivity index (χ0n) is 14.8. The number of nitrogens with one attached hydrogen (secondary N) is 2. The van der Waals surface area contributed by atoms with Gasteiger partial charge in [0, 0.05) is 24.3 Å². The summed E-state index contributed by atoms with van der Waals surface area (Å²) in [5, 5.41) is 3.68. The Morgan fingerprint density at radius 3 is 2.60 bits per heavy atom. The van der Waals surface area contributed by atoms with Crippen molar-refractivity contribution >= 4 is 27.3 Å². The molecule has 2 aromatic rings. The molecule has 1 heterocycles. The van der Waals surface area contributed by atoms with Crippen LogP contribution in [0.3, 0.4) is 0 Å². The lowest BCUT2D eigenvalue weighted by Gasteiger charge is -2.13. The van der Waals surface area contributed by atoms with E-state index < -0.39 is 10.0 Å². The van der Waals surface area contributed by atoms with Gasteiger partial charge in [-0.25, -0.2) is 18.1 Å². The average molecular weight is 382 g/mol. The topological polar surface area (TPSA) is 88.2 Å². The normalized spacial score (nSPS) is 11.7. The van der Waals surface area contributed by atoms with Crippen molar-refractivity contribution in [1.29, 1.82) is 0 Å². The highest BCUT2D eigenvalue weighted by atomic mass is 32.2. The van der Waals surface area contributed by atoms with Gasteiger partial charge in [-0.2, -0.15) is 0 Å². The van der Waals surface area contributed by atoms with Gasteiger partial charge < -0.3 is 5.32 Å². The maximum absolute atomic E-state index is 12.6. The largest absolute Gasteiger partial charge is 0.354 e. The number of hydrogen-bond acceptors (Lipinski definition) is 5. The Balaban J connectivity index is 2.46. The first kappa shape index (κ1) is 19.6. The van der Waals surface area contributed by atoms with Gasteiger partial charge in [-0.1, -0.05) is 19.1 Å². The fourth-order valence-electron chi connectivity index (χ4n) is 2.41. The number of aryl methyl sites for hydroxylation is 1. The van der Waals surface area contributed by atoms with Crippen LogP contribution in [0, 0.1) is 6.92 Å². The highest BCUT2D eigenvalue weighted by Crippen LogP contribution is 2.32. The highest BCUT2D eigenvalue weighted by molar-refractivity contribution is 7.89. The van der Waals surface area contributed by atoms with Gasteiger partial charge >= 0.3 is 0 Å². The molecule has 0 unspecified atom stereocenters. The van der Waals surface area contributed by atoms with E-state index in [9.17, 15) is 13.2 Å². The summed E-state index contributed by atoms with van der Waals surface area (Å²) in [6.07, 6.45) is 1.81. The third kappa shape index (κ3) is 5.10. The summed E-state index contributed by atoms with van der Waals surface area (Å²) in [5.74, 6) is -0.136. The van der Waals surface area contributed by atoms with Crippen molar-refractivity contribution in [2.45, 2.75) is 45.1 Å². The first-order chi connectivity index (χ1) is 11.7. The number of rotatable bonds is 7. The molecule has 6 nitrogen and oxygen atoms in total. The summed E-state index contributed by atoms with van der Waals surface area (Å²) >= 11 is 1.43. The predicted octanol–water partition coefficient (Wildman–Crippen LogP) is 2.48. The maximum atomic E-state index is 12.6. The highest BCUT2D eigenvalue weighted by Gasteiger charge is 2.21. The van der Waals surface area contributed by atoms with Gasteiger partial charge in [0.25, 0.3) is 0 Å². The second kappa shape index (κ2) is 8.07. The standard InChI is InChI=1S/C17H23N3O3S2/c1-5-19-25(22,23)16-8-13(9-17(21)20-11(2)3)6-7-14(16)15-10-18-12(4)24-15/h6-8,10-11,19H,5,9H2,1-4H3,(H,20,21). The number of amides is 1. The van der Waals surface area contributed by atoms with E-state index in [0.29, 0.717) is 17.7 Å². The van der Waals surface area contributed by atoms with E-state index in [1.807, 2.05) is 20.8 Å². The molecule has 136 valence electrons. The molecule has 0 saturated carbocycles. The van der Waals surface area contributed by atoms with Gasteiger partial charge in [-0.05, 0) is 32.4 Å². The second-order valence-corrected chi connectivity index (χ2v) is 8.94. The number of benzene rings is 1. The Bertz CT molecular complexity index is 858. The zero-order chi connectivity index (χ0) is 18.6. The van der Waals surface area contributed by atoms with Crippen molar-refractivity contribution in [2.24, 2.45) is 0 Å². The number of aromatic nitrogens is 1. The van der Waals surface area contributed by atoms with E-state index in [0.717, 1.165) is 9.88 Å². The van der Waals surface area contributed by atoms with Crippen LogP contribution in [0.2, 0.25) is 0 Å². The van der Waals surface area contributed by atoms with Gasteiger partial charge in [-0.15, -0.1) is 11.3 Å². The van der Waals surface area contributed by atoms with Crippen molar-refractivity contribution in [3.05, 3.63) is 35.0 Å². The number of hydrogen-bond donors (Lipinski definition) is 2. The molecule has 0 spiro atoms. The molecule has 0 aliphatic carbocycles. The Hall–Kier alpha value is -1.77. The smallest absolute Gasteiger partial charge is 0.241 e. The molecule has 0 atom stereocenters. The van der Waals surface area contributed by atoms with Gasteiger partial charge in [0.1, 0.15) is 0 Å². The van der Waals surface area contributed by atoms with E-state index in [4.69, 9.17) is 0 Å². The lowest BCUT2D eigenvalue weighted by molar-refractivity contribution is -0.120. The average Bonchev–Trinajstić information content (AvgIpc) is 2.92. The van der Waals surface area contributed by atoms with Crippen molar-refractivity contribution in [2.75, 3.05) is 6.54 Å². The third-order valence-electron chi connectivity index (χ3n) is 3.37. The van der Waals surface area contributed by atoms with E-state index in [-0.39, 0.29) is 23.3 Å². The second-order valence-electron chi connectivity index (χ2n) is 5.97. The van der Waals surface area contributed by atoms with Gasteiger partial charge in [-0.3, -0.25) is 4.79 Å². The molecule has 1 aromatic carbocycles. The van der Waals surface area contributed by atoms with Crippen molar-refractivity contribution in [3.63, 3.8) is 0 Å². The predicted molar refractivity (Wildman–Crippen MR) is 100 cm³/mol. The summed E-state index contributed by atoms with van der Waals surface area (Å²) in [4.78, 5) is 17.1. The molecule has 25 heavy (non-hydrogen) atoms. The van der Waals surface area contributed by atoms with E-state index in [1.54, 1.807) is 31.3 Å². The van der Waals surface area contributed by atoms with Crippen LogP contribution in [0.15, 0.2) is 29.3 Å². The summed E-state index contributed by atoms with van der Waals surface area (Å²) in [6.45, 7) is 7.66. The number of carbonyl (C=O) groups is 1. The van der Waals surface area contributed by atoms with Gasteiger partial charge in [0.2, 0.25) is 15.9 Å². The lowest BCUT2D eigenvalue weighted by atomic mass is 10.1. The summed E-state index contributed by atoms with van der Waals surface area (Å²) in [5.41, 5.74) is 1.25. The molecule has 1 aromatic heterocycles. The summed E-state index contributed by atoms with van der Waals surface area (Å²) < 4.78 is 27.8. The van der Waals surface area contributed by atoms with Crippen LogP contribution in [0.25, 0.3) is 10.4 Å². The van der Waals surface area contributed by atoms with Gasteiger partial charge in [0.05, 0.1) is 21.2 Å². The first-order valence-electron chi connectivity index (χ1n) is 8.07. The van der Waals surface area contributed by atoms with Crippen LogP contribution in [-0.2, 0) is 21.2 Å². The van der Waals surface area contributed by atoms with Crippen molar-refractivity contribution in [3.8, 4) is 10.4 Å². The Kier molecular flexibility index (Phi) is 6.31. The molecule has 0 aliphatic rings. The minimum Gasteiger partial charge on any atom is -0.354 e. The number of sulfonamides is 1. The molecular weight excluding hydrogens is 358 g/mol. The maximum Gasteiger partial charge on any atom is 0.241 e. The lowest BCUT2D eigenvalue weighted by Crippen LogP contribution is -2.31. The van der Waals surface area contributed by atoms with Crippen LogP contribution in [0.5, 0.6) is 0 Å². The minimum atomic E-state index is -3.66. The molecule has 2 N–H and O–H groups in total. The number of carbonyl (C=O) groups excluding carboxylic acids is 1. The fourth-order valence-corrected chi connectivity index (χ4v) is 4.61. The van der Waals surface area contributed by atoms with Crippen LogP contribution in [0.1, 0.15) is 31.3 Å². The number of thiazole rings is 1. The monoisotopic (exact) mass is 381 g/mol. The molecule has 0 bridgehead atoms. The quantitative estimate of drug-likeness (QED) is 0.771. The Morgan fingerprint density at radius 2 is 2.04 bits per heavy atom. The first-order valence-corrected chi connectivity index (χ1v) is 10.4. The van der Waals surface area contributed by atoms with Crippen LogP contribution in [-0.4, -0.2) is 31.9 Å². The number of nitrogens with zero attached hydrogens (tertiary/aromatic N) is 1. The van der Waals surface area contributed by atoms with Crippen molar-refractivity contribution in [1.82, 2.24) is 15.0 Å². The van der Waals surface area contributed by atoms with E-state index in [2.05, 4.69) is 15.0 Å². The molecule has 2 rings (SSSR count).